The van der Waals surface area contributed by atoms with E-state index in [0.29, 0.717) is 19.5 Å². The van der Waals surface area contributed by atoms with Gasteiger partial charge in [-0.2, -0.15) is 0 Å². The lowest BCUT2D eigenvalue weighted by atomic mass is 9.80. The fourth-order valence-electron chi connectivity index (χ4n) is 2.70. The van der Waals surface area contributed by atoms with E-state index >= 15 is 0 Å². The second-order valence-corrected chi connectivity index (χ2v) is 6.55. The number of carboxylic acids is 1. The van der Waals surface area contributed by atoms with Crippen molar-refractivity contribution in [3.05, 3.63) is 23.8 Å². The largest absolute Gasteiger partial charge is 0.481 e. The summed E-state index contributed by atoms with van der Waals surface area (Å²) in [6.07, 6.45) is 5.78. The van der Waals surface area contributed by atoms with Crippen molar-refractivity contribution >= 4 is 12.1 Å². The molecule has 0 aromatic rings. The molecule has 0 bridgehead atoms. The molecular formula is C17H27NO4. The van der Waals surface area contributed by atoms with E-state index in [4.69, 9.17) is 4.74 Å². The lowest BCUT2D eigenvalue weighted by Crippen LogP contribution is -2.48. The number of likely N-dealkylation sites (tertiary alicyclic amines) is 1. The summed E-state index contributed by atoms with van der Waals surface area (Å²) in [5.41, 5.74) is 0.395. The van der Waals surface area contributed by atoms with Crippen LogP contribution >= 0.6 is 0 Å². The highest BCUT2D eigenvalue weighted by Gasteiger charge is 2.38. The highest BCUT2D eigenvalue weighted by Crippen LogP contribution is 2.31. The van der Waals surface area contributed by atoms with E-state index in [0.717, 1.165) is 5.57 Å². The van der Waals surface area contributed by atoms with Crippen LogP contribution in [-0.4, -0.2) is 40.8 Å². The number of piperidine rings is 1. The summed E-state index contributed by atoms with van der Waals surface area (Å²) in [5.74, 6) is -1.49. The molecule has 22 heavy (non-hydrogen) atoms. The summed E-state index contributed by atoms with van der Waals surface area (Å²) in [6, 6.07) is 0. The molecule has 5 heteroatoms. The van der Waals surface area contributed by atoms with Crippen LogP contribution in [0.3, 0.4) is 0 Å². The number of carbonyl (C=O) groups excluding carboxylic acids is 1. The molecule has 0 aliphatic carbocycles. The van der Waals surface area contributed by atoms with Gasteiger partial charge in [-0.25, -0.2) is 4.79 Å². The number of amides is 1. The van der Waals surface area contributed by atoms with Crippen LogP contribution in [0.25, 0.3) is 0 Å². The molecule has 1 saturated heterocycles. The highest BCUT2D eigenvalue weighted by molar-refractivity contribution is 5.73. The first-order valence-electron chi connectivity index (χ1n) is 7.69. The molecule has 1 amide bonds. The number of rotatable bonds is 3. The maximum Gasteiger partial charge on any atom is 0.410 e. The Bertz CT molecular complexity index is 474. The summed E-state index contributed by atoms with van der Waals surface area (Å²) < 4.78 is 5.40. The maximum absolute atomic E-state index is 12.2. The number of carboxylic acid groups (broad SMARTS) is 1. The monoisotopic (exact) mass is 309 g/mol. The van der Waals surface area contributed by atoms with Gasteiger partial charge in [0.05, 0.1) is 5.92 Å². The number of hydrogen-bond donors (Lipinski definition) is 1. The van der Waals surface area contributed by atoms with Crippen molar-refractivity contribution in [3.63, 3.8) is 0 Å². The zero-order valence-electron chi connectivity index (χ0n) is 14.1. The van der Waals surface area contributed by atoms with Crippen molar-refractivity contribution in [3.8, 4) is 0 Å². The van der Waals surface area contributed by atoms with Gasteiger partial charge in [0.15, 0.2) is 0 Å². The molecule has 1 aliphatic rings. The number of nitrogens with zero attached hydrogens (tertiary/aromatic N) is 1. The summed E-state index contributed by atoms with van der Waals surface area (Å²) in [6.45, 7) is 10.0. The summed E-state index contributed by atoms with van der Waals surface area (Å²) in [4.78, 5) is 25.3. The molecule has 2 unspecified atom stereocenters. The molecule has 2 atom stereocenters. The molecule has 1 rings (SSSR count). The molecule has 1 heterocycles. The van der Waals surface area contributed by atoms with Crippen molar-refractivity contribution in [2.45, 2.75) is 46.6 Å². The van der Waals surface area contributed by atoms with Crippen molar-refractivity contribution < 1.29 is 19.4 Å². The third kappa shape index (κ3) is 4.90. The SMILES string of the molecule is C/C=C\C(=C/C)C1CN(C(=O)OC(C)(C)C)CCC1C(=O)O. The smallest absolute Gasteiger partial charge is 0.410 e. The minimum Gasteiger partial charge on any atom is -0.481 e. The van der Waals surface area contributed by atoms with Crippen LogP contribution in [0, 0.1) is 11.8 Å². The van der Waals surface area contributed by atoms with Crippen molar-refractivity contribution in [2.24, 2.45) is 11.8 Å². The van der Waals surface area contributed by atoms with E-state index in [1.165, 1.54) is 0 Å². The second-order valence-electron chi connectivity index (χ2n) is 6.55. The van der Waals surface area contributed by atoms with Crippen LogP contribution in [0.2, 0.25) is 0 Å². The Morgan fingerprint density at radius 3 is 2.32 bits per heavy atom. The lowest BCUT2D eigenvalue weighted by molar-refractivity contribution is -0.145. The molecule has 0 aromatic heterocycles. The average Bonchev–Trinajstić information content (AvgIpc) is 2.42. The van der Waals surface area contributed by atoms with E-state index in [2.05, 4.69) is 0 Å². The van der Waals surface area contributed by atoms with Crippen LogP contribution in [-0.2, 0) is 9.53 Å². The summed E-state index contributed by atoms with van der Waals surface area (Å²) in [5, 5.41) is 9.45. The first-order chi connectivity index (χ1) is 10.2. The van der Waals surface area contributed by atoms with Crippen LogP contribution in [0.4, 0.5) is 4.79 Å². The Morgan fingerprint density at radius 2 is 1.86 bits per heavy atom. The molecule has 1 aliphatic heterocycles. The fourth-order valence-corrected chi connectivity index (χ4v) is 2.70. The minimum atomic E-state index is -0.808. The third-order valence-corrected chi connectivity index (χ3v) is 3.70. The van der Waals surface area contributed by atoms with Crippen LogP contribution < -0.4 is 0 Å². The van der Waals surface area contributed by atoms with Crippen molar-refractivity contribution in [1.29, 1.82) is 0 Å². The molecule has 1 fully saturated rings. The first-order valence-corrected chi connectivity index (χ1v) is 7.69. The second kappa shape index (κ2) is 7.47. The number of carbonyl (C=O) groups is 2. The van der Waals surface area contributed by atoms with Gasteiger partial charge in [0.1, 0.15) is 5.60 Å². The van der Waals surface area contributed by atoms with Gasteiger partial charge in [0.25, 0.3) is 0 Å². The van der Waals surface area contributed by atoms with Crippen LogP contribution in [0.15, 0.2) is 23.8 Å². The quantitative estimate of drug-likeness (QED) is 0.811. The molecule has 5 nitrogen and oxygen atoms in total. The fraction of sp³-hybridized carbons (Fsp3) is 0.647. The van der Waals surface area contributed by atoms with Gasteiger partial charge in [-0.3, -0.25) is 4.79 Å². The molecule has 1 N–H and O–H groups in total. The molecule has 124 valence electrons. The normalized spacial score (nSPS) is 23.7. The van der Waals surface area contributed by atoms with Crippen molar-refractivity contribution in [1.82, 2.24) is 4.90 Å². The van der Waals surface area contributed by atoms with Crippen LogP contribution in [0.5, 0.6) is 0 Å². The van der Waals surface area contributed by atoms with Gasteiger partial charge in [0.2, 0.25) is 0 Å². The van der Waals surface area contributed by atoms with E-state index in [1.807, 2.05) is 52.8 Å². The first kappa shape index (κ1) is 18.3. The molecule has 0 spiro atoms. The Labute approximate surface area is 132 Å². The topological polar surface area (TPSA) is 66.8 Å². The molecular weight excluding hydrogens is 282 g/mol. The number of ether oxygens (including phenoxy) is 1. The van der Waals surface area contributed by atoms with Gasteiger partial charge in [-0.15, -0.1) is 0 Å². The standard InChI is InChI=1S/C17H27NO4/c1-6-8-12(7-2)14-11-18(10-9-13(14)15(19)20)16(21)22-17(3,4)5/h6-8,13-14H,9-11H2,1-5H3,(H,19,20)/b8-6-,12-7+. The molecule has 0 saturated carbocycles. The lowest BCUT2D eigenvalue weighted by Gasteiger charge is -2.38. The zero-order chi connectivity index (χ0) is 16.9. The van der Waals surface area contributed by atoms with Crippen molar-refractivity contribution in [2.75, 3.05) is 13.1 Å². The van der Waals surface area contributed by atoms with Crippen LogP contribution in [0.1, 0.15) is 41.0 Å². The predicted octanol–water partition coefficient (Wildman–Crippen LogP) is 3.47. The van der Waals surface area contributed by atoms with E-state index in [1.54, 1.807) is 4.90 Å². The summed E-state index contributed by atoms with van der Waals surface area (Å²) in [7, 11) is 0. The minimum absolute atomic E-state index is 0.208. The van der Waals surface area contributed by atoms with Gasteiger partial charge >= 0.3 is 12.1 Å². The Morgan fingerprint density at radius 1 is 1.23 bits per heavy atom. The van der Waals surface area contributed by atoms with Gasteiger partial charge in [-0.1, -0.05) is 18.2 Å². The highest BCUT2D eigenvalue weighted by atomic mass is 16.6. The number of aliphatic carboxylic acids is 1. The molecule has 0 aromatic carbocycles. The number of hydrogen-bond acceptors (Lipinski definition) is 3. The van der Waals surface area contributed by atoms with Gasteiger partial charge in [-0.05, 0) is 46.6 Å². The van der Waals surface area contributed by atoms with E-state index in [-0.39, 0.29) is 12.0 Å². The zero-order valence-corrected chi connectivity index (χ0v) is 14.1. The Balaban J connectivity index is 2.94. The van der Waals surface area contributed by atoms with Gasteiger partial charge < -0.3 is 14.7 Å². The number of allylic oxidation sites excluding steroid dienone is 3. The predicted molar refractivity (Wildman–Crippen MR) is 85.6 cm³/mol. The summed E-state index contributed by atoms with van der Waals surface area (Å²) >= 11 is 0. The van der Waals surface area contributed by atoms with Gasteiger partial charge in [0, 0.05) is 19.0 Å². The Hall–Kier alpha value is -1.78. The third-order valence-electron chi connectivity index (χ3n) is 3.70. The average molecular weight is 309 g/mol. The van der Waals surface area contributed by atoms with E-state index in [9.17, 15) is 14.7 Å². The Kier molecular flexibility index (Phi) is 6.21. The van der Waals surface area contributed by atoms with E-state index < -0.39 is 17.5 Å². The molecule has 0 radical (unpaired) electrons. The maximum atomic E-state index is 12.2.